The quantitative estimate of drug-likeness (QED) is 0.142. The van der Waals surface area contributed by atoms with E-state index in [2.05, 4.69) is 102 Å². The van der Waals surface area contributed by atoms with E-state index in [4.69, 9.17) is 40.0 Å². The van der Waals surface area contributed by atoms with Crippen LogP contribution in [0.15, 0.2) is 91.1 Å². The van der Waals surface area contributed by atoms with Crippen LogP contribution in [-0.2, 0) is 25.7 Å². The summed E-state index contributed by atoms with van der Waals surface area (Å²) >= 11 is 6.04. The van der Waals surface area contributed by atoms with Crippen LogP contribution in [-0.4, -0.2) is 93.6 Å². The first kappa shape index (κ1) is 46.4. The second kappa shape index (κ2) is 20.7. The fourth-order valence-corrected chi connectivity index (χ4v) is 10.2. The number of pyridine rings is 1. The van der Waals surface area contributed by atoms with E-state index in [1.165, 1.54) is 35.2 Å². The maximum absolute atomic E-state index is 7.00. The molecule has 6 heterocycles. The van der Waals surface area contributed by atoms with Gasteiger partial charge in [0.25, 0.3) is 0 Å². The summed E-state index contributed by atoms with van der Waals surface area (Å²) < 4.78 is 37.1. The molecule has 0 saturated carbocycles. The van der Waals surface area contributed by atoms with Gasteiger partial charge in [-0.2, -0.15) is 0 Å². The highest BCUT2D eigenvalue weighted by Gasteiger charge is 2.36. The van der Waals surface area contributed by atoms with Gasteiger partial charge in [0.05, 0.1) is 19.7 Å². The van der Waals surface area contributed by atoms with Crippen molar-refractivity contribution in [2.24, 2.45) is 0 Å². The number of nitrogens with one attached hydrogen (secondary N) is 1. The van der Waals surface area contributed by atoms with Crippen molar-refractivity contribution in [1.29, 1.82) is 0 Å². The monoisotopic (exact) mass is 925 g/mol. The van der Waals surface area contributed by atoms with Crippen LogP contribution in [0.4, 0.5) is 5.69 Å². The Balaban J connectivity index is 0.000000216. The maximum atomic E-state index is 7.00. The normalized spacial score (nSPS) is 17.9. The predicted molar refractivity (Wildman–Crippen MR) is 268 cm³/mol. The van der Waals surface area contributed by atoms with Gasteiger partial charge in [-0.25, -0.2) is 0 Å². The lowest BCUT2D eigenvalue weighted by Crippen LogP contribution is -2.34. The summed E-state index contributed by atoms with van der Waals surface area (Å²) in [5.41, 5.74) is 9.33. The molecule has 11 rings (SSSR count). The van der Waals surface area contributed by atoms with Gasteiger partial charge in [0.2, 0.25) is 12.5 Å². The third-order valence-corrected chi connectivity index (χ3v) is 14.2. The highest BCUT2D eigenvalue weighted by molar-refractivity contribution is 6.31. The van der Waals surface area contributed by atoms with E-state index in [1.54, 1.807) is 14.2 Å². The van der Waals surface area contributed by atoms with Crippen LogP contribution in [0, 0.1) is 0 Å². The highest BCUT2D eigenvalue weighted by Crippen LogP contribution is 2.53. The molecule has 0 amide bonds. The minimum Gasteiger partial charge on any atom is -0.493 e. The van der Waals surface area contributed by atoms with E-state index in [0.717, 1.165) is 108 Å². The number of methoxy groups -OCH3 is 2. The zero-order chi connectivity index (χ0) is 46.6. The smallest absolute Gasteiger partial charge is 0.231 e. The summed E-state index contributed by atoms with van der Waals surface area (Å²) in [5.74, 6) is 5.71. The number of nitrogens with zero attached hydrogens (tertiary/aromatic N) is 4. The first-order valence-electron chi connectivity index (χ1n) is 23.8. The zero-order valence-corrected chi connectivity index (χ0v) is 40.7. The third kappa shape index (κ3) is 10.1. The summed E-state index contributed by atoms with van der Waals surface area (Å²) in [6.45, 7) is 12.2. The van der Waals surface area contributed by atoms with Crippen molar-refractivity contribution in [3.63, 3.8) is 0 Å². The number of fused-ring (bicyclic) bond motifs is 4. The first-order valence-corrected chi connectivity index (χ1v) is 24.2. The second-order valence-electron chi connectivity index (χ2n) is 18.2. The van der Waals surface area contributed by atoms with Gasteiger partial charge in [-0.1, -0.05) is 43.6 Å². The van der Waals surface area contributed by atoms with E-state index < -0.39 is 0 Å². The van der Waals surface area contributed by atoms with Gasteiger partial charge in [0.15, 0.2) is 34.5 Å². The van der Waals surface area contributed by atoms with Gasteiger partial charge in [0.1, 0.15) is 5.75 Å². The molecule has 0 radical (unpaired) electrons. The zero-order valence-electron chi connectivity index (χ0n) is 40.0. The van der Waals surface area contributed by atoms with E-state index in [-0.39, 0.29) is 18.9 Å². The van der Waals surface area contributed by atoms with Gasteiger partial charge in [-0.15, -0.1) is 0 Å². The molecule has 6 aromatic rings. The van der Waals surface area contributed by atoms with Gasteiger partial charge < -0.3 is 38.6 Å². The molecule has 5 aliphatic rings. The van der Waals surface area contributed by atoms with Gasteiger partial charge in [0, 0.05) is 59.1 Å². The number of benzene rings is 5. The van der Waals surface area contributed by atoms with Crippen molar-refractivity contribution in [2.45, 2.75) is 77.4 Å². The van der Waals surface area contributed by atoms with Crippen LogP contribution in [0.2, 0.25) is 5.02 Å². The summed E-state index contributed by atoms with van der Waals surface area (Å²) in [6.07, 6.45) is 7.64. The van der Waals surface area contributed by atoms with E-state index in [0.29, 0.717) is 34.8 Å². The Morgan fingerprint density at radius 1 is 0.761 bits per heavy atom. The van der Waals surface area contributed by atoms with Crippen LogP contribution in [0.25, 0.3) is 10.9 Å². The molecule has 3 atom stereocenters. The van der Waals surface area contributed by atoms with Gasteiger partial charge in [-0.05, 0) is 174 Å². The molecule has 67 heavy (non-hydrogen) atoms. The minimum atomic E-state index is 0.0724. The molecule has 11 nitrogen and oxygen atoms in total. The Hall–Kier alpha value is -5.72. The largest absolute Gasteiger partial charge is 0.493 e. The Morgan fingerprint density at radius 3 is 2.27 bits per heavy atom. The Labute approximate surface area is 400 Å². The van der Waals surface area contributed by atoms with Crippen molar-refractivity contribution in [1.82, 2.24) is 19.7 Å². The van der Waals surface area contributed by atoms with Crippen molar-refractivity contribution in [3.05, 3.63) is 130 Å². The molecule has 0 fully saturated rings. The molecular formula is C55H64ClN5O6. The molecule has 6 bridgehead atoms. The average Bonchev–Trinajstić information content (AvgIpc) is 3.81. The van der Waals surface area contributed by atoms with Crippen LogP contribution in [0.3, 0.4) is 0 Å². The lowest BCUT2D eigenvalue weighted by Gasteiger charge is -2.37. The standard InChI is InChI=1S/C37H38N2O6.C18H26ClN3/c1-38-13-11-24-18-31(41-4)33-20-27(24)28(38)16-23-7-10-30(40-3)32(17-23)44-26-8-5-22(6-9-26)15-29-35-25(12-14-39(29)2)19-34-36(37(35)45-33)43-21-42-34;1-4-22(5-2)12-6-7-14(3)21-17-10-11-20-18-13-15(19)8-9-16(17)18/h5-10,17-20,28-29H,11-16,21H2,1-4H3;8-11,13-14H,4-7,12H2,1-3H3,(H,20,21)/t28-,29+;/m1./s1. The summed E-state index contributed by atoms with van der Waals surface area (Å²) in [7, 11) is 7.77. The van der Waals surface area contributed by atoms with Crippen LogP contribution in [0.1, 0.15) is 79.1 Å². The van der Waals surface area contributed by atoms with Crippen molar-refractivity contribution in [3.8, 4) is 46.0 Å². The molecule has 0 saturated heterocycles. The molecule has 0 spiro atoms. The number of anilines is 1. The van der Waals surface area contributed by atoms with Gasteiger partial charge in [-0.3, -0.25) is 14.8 Å². The molecular weight excluding hydrogens is 862 g/mol. The predicted octanol–water partition coefficient (Wildman–Crippen LogP) is 11.7. The van der Waals surface area contributed by atoms with Crippen molar-refractivity contribution < 1.29 is 28.4 Å². The number of hydrogen-bond acceptors (Lipinski definition) is 11. The molecule has 1 N–H and O–H groups in total. The highest BCUT2D eigenvalue weighted by atomic mass is 35.5. The number of hydrogen-bond donors (Lipinski definition) is 1. The molecule has 1 unspecified atom stereocenters. The van der Waals surface area contributed by atoms with Crippen LogP contribution < -0.4 is 33.7 Å². The number of halogens is 1. The topological polar surface area (TPSA) is 90.0 Å². The molecule has 1 aromatic heterocycles. The molecule has 0 aliphatic carbocycles. The van der Waals surface area contributed by atoms with Crippen LogP contribution >= 0.6 is 11.6 Å². The number of ether oxygens (including phenoxy) is 6. The van der Waals surface area contributed by atoms with E-state index in [9.17, 15) is 0 Å². The SMILES string of the molecule is CCN(CC)CCCC(C)Nc1ccnc2cc(Cl)ccc12.COc1ccc2cc1Oc1ccc(cc1)C[C@H]1c3c(cc4c(c3Oc3cc5c(cc3OC)CCN(C)[C@@H]5C2)OCO4)CCN1C. The number of likely N-dealkylation sites (N-methyl/N-ethyl adjacent to an activating group) is 2. The third-order valence-electron chi connectivity index (χ3n) is 14.0. The minimum absolute atomic E-state index is 0.0724. The molecule has 5 aromatic carbocycles. The maximum Gasteiger partial charge on any atom is 0.231 e. The van der Waals surface area contributed by atoms with Crippen molar-refractivity contribution >= 4 is 28.2 Å². The summed E-state index contributed by atoms with van der Waals surface area (Å²) in [4.78, 5) is 11.7. The summed E-state index contributed by atoms with van der Waals surface area (Å²) in [5, 5.41) is 5.47. The molecule has 352 valence electrons. The van der Waals surface area contributed by atoms with Crippen molar-refractivity contribution in [2.75, 3.05) is 73.1 Å². The lowest BCUT2D eigenvalue weighted by atomic mass is 9.87. The Bertz CT molecular complexity index is 2690. The Kier molecular flexibility index (Phi) is 14.3. The van der Waals surface area contributed by atoms with Crippen LogP contribution in [0.5, 0.6) is 46.0 Å². The number of aromatic nitrogens is 1. The fraction of sp³-hybridized carbons (Fsp3) is 0.400. The second-order valence-corrected chi connectivity index (χ2v) is 18.6. The fourth-order valence-electron chi connectivity index (χ4n) is 10.1. The Morgan fingerprint density at radius 2 is 1.49 bits per heavy atom. The average molecular weight is 927 g/mol. The molecule has 12 heteroatoms. The summed E-state index contributed by atoms with van der Waals surface area (Å²) in [6, 6.07) is 29.6. The number of rotatable bonds is 10. The molecule has 5 aliphatic heterocycles. The lowest BCUT2D eigenvalue weighted by molar-refractivity contribution is 0.171. The van der Waals surface area contributed by atoms with E-state index >= 15 is 0 Å². The first-order chi connectivity index (χ1) is 32.6. The van der Waals surface area contributed by atoms with E-state index in [1.807, 2.05) is 48.7 Å². The van der Waals surface area contributed by atoms with Gasteiger partial charge >= 0.3 is 0 Å².